The molecule has 0 spiro atoms. The smallest absolute Gasteiger partial charge is 0.255 e. The summed E-state index contributed by atoms with van der Waals surface area (Å²) in [5.41, 5.74) is 6.05. The number of carbonyl (C=O) groups excluding carboxylic acids is 1. The molecule has 3 N–H and O–H groups in total. The number of halogens is 1. The van der Waals surface area contributed by atoms with Gasteiger partial charge in [-0.3, -0.25) is 9.78 Å². The highest BCUT2D eigenvalue weighted by Crippen LogP contribution is 2.38. The van der Waals surface area contributed by atoms with E-state index in [0.29, 0.717) is 29.0 Å². The van der Waals surface area contributed by atoms with Gasteiger partial charge in [-0.2, -0.15) is 0 Å². The lowest BCUT2D eigenvalue weighted by atomic mass is 10.0. The van der Waals surface area contributed by atoms with E-state index in [9.17, 15) is 9.18 Å². The van der Waals surface area contributed by atoms with Crippen molar-refractivity contribution in [3.63, 3.8) is 0 Å². The van der Waals surface area contributed by atoms with Crippen LogP contribution in [0.4, 0.5) is 15.8 Å². The van der Waals surface area contributed by atoms with Gasteiger partial charge in [0.1, 0.15) is 5.82 Å². The Morgan fingerprint density at radius 3 is 2.88 bits per heavy atom. The van der Waals surface area contributed by atoms with Gasteiger partial charge in [0, 0.05) is 47.9 Å². The predicted molar refractivity (Wildman–Crippen MR) is 99.2 cm³/mol. The Labute approximate surface area is 150 Å². The average Bonchev–Trinajstić information content (AvgIpc) is 2.99. The summed E-state index contributed by atoms with van der Waals surface area (Å²) < 4.78 is 14.0. The summed E-state index contributed by atoms with van der Waals surface area (Å²) in [6, 6.07) is 6.80. The first-order valence-corrected chi connectivity index (χ1v) is 8.52. The molecule has 0 aliphatic carbocycles. The summed E-state index contributed by atoms with van der Waals surface area (Å²) in [6.45, 7) is 4.28. The van der Waals surface area contributed by atoms with E-state index >= 15 is 0 Å². The summed E-state index contributed by atoms with van der Waals surface area (Å²) in [7, 11) is 0. The first-order valence-electron chi connectivity index (χ1n) is 8.52. The van der Waals surface area contributed by atoms with Crippen LogP contribution < -0.4 is 10.6 Å². The van der Waals surface area contributed by atoms with Crippen LogP contribution >= 0.6 is 0 Å². The third kappa shape index (κ3) is 2.63. The van der Waals surface area contributed by atoms with E-state index in [4.69, 9.17) is 0 Å². The lowest BCUT2D eigenvalue weighted by Crippen LogP contribution is -2.31. The Balaban J connectivity index is 1.92. The number of anilines is 2. The standard InChI is InChI=1S/C20H19FN4O/c1-11-10-22-8-6-13(11)18-19(17-16(25-18)7-9-23-20(17)26)24-15-5-3-4-14(21)12(15)2/h3-6,8,10,24-25H,7,9H2,1-2H3,(H,23,26). The Bertz CT molecular complexity index is 1010. The molecule has 132 valence electrons. The van der Waals surface area contributed by atoms with Crippen LogP contribution in [0.3, 0.4) is 0 Å². The van der Waals surface area contributed by atoms with Gasteiger partial charge in [-0.05, 0) is 37.6 Å². The molecule has 0 atom stereocenters. The van der Waals surface area contributed by atoms with Crippen molar-refractivity contribution in [2.24, 2.45) is 0 Å². The van der Waals surface area contributed by atoms with Crippen LogP contribution in [0.25, 0.3) is 11.3 Å². The minimum absolute atomic E-state index is 0.128. The Hall–Kier alpha value is -3.15. The maximum atomic E-state index is 14.0. The van der Waals surface area contributed by atoms with Gasteiger partial charge in [0.15, 0.2) is 0 Å². The van der Waals surface area contributed by atoms with Crippen molar-refractivity contribution in [3.05, 3.63) is 64.9 Å². The number of aryl methyl sites for hydroxylation is 1. The molecule has 3 aromatic rings. The number of benzene rings is 1. The van der Waals surface area contributed by atoms with Crippen molar-refractivity contribution < 1.29 is 9.18 Å². The van der Waals surface area contributed by atoms with Crippen molar-refractivity contribution >= 4 is 17.3 Å². The molecule has 0 saturated carbocycles. The van der Waals surface area contributed by atoms with Crippen molar-refractivity contribution in [2.75, 3.05) is 11.9 Å². The Morgan fingerprint density at radius 1 is 1.23 bits per heavy atom. The fourth-order valence-corrected chi connectivity index (χ4v) is 3.34. The van der Waals surface area contributed by atoms with Crippen LogP contribution in [0, 0.1) is 19.7 Å². The molecule has 5 nitrogen and oxygen atoms in total. The summed E-state index contributed by atoms with van der Waals surface area (Å²) in [6.07, 6.45) is 4.23. The molecule has 3 heterocycles. The first-order chi connectivity index (χ1) is 12.6. The van der Waals surface area contributed by atoms with Crippen LogP contribution in [-0.4, -0.2) is 22.4 Å². The number of H-pyrrole nitrogens is 1. The van der Waals surface area contributed by atoms with Gasteiger partial charge >= 0.3 is 0 Å². The molecular weight excluding hydrogens is 331 g/mol. The van der Waals surface area contributed by atoms with E-state index in [1.54, 1.807) is 25.4 Å². The van der Waals surface area contributed by atoms with Crippen LogP contribution in [0.15, 0.2) is 36.7 Å². The monoisotopic (exact) mass is 350 g/mol. The van der Waals surface area contributed by atoms with E-state index in [0.717, 1.165) is 28.9 Å². The van der Waals surface area contributed by atoms with Crippen LogP contribution in [0.2, 0.25) is 0 Å². The van der Waals surface area contributed by atoms with Gasteiger partial charge in [-0.15, -0.1) is 0 Å². The number of nitrogens with one attached hydrogen (secondary N) is 3. The number of amides is 1. The zero-order valence-corrected chi connectivity index (χ0v) is 14.6. The highest BCUT2D eigenvalue weighted by Gasteiger charge is 2.27. The second-order valence-electron chi connectivity index (χ2n) is 6.46. The van der Waals surface area contributed by atoms with Gasteiger partial charge in [-0.1, -0.05) is 6.07 Å². The molecule has 0 radical (unpaired) electrons. The number of hydrogen-bond donors (Lipinski definition) is 3. The van der Waals surface area contributed by atoms with Crippen molar-refractivity contribution in [3.8, 4) is 11.3 Å². The molecule has 0 unspecified atom stereocenters. The van der Waals surface area contributed by atoms with Gasteiger partial charge in [0.25, 0.3) is 5.91 Å². The molecule has 0 bridgehead atoms. The Morgan fingerprint density at radius 2 is 2.08 bits per heavy atom. The largest absolute Gasteiger partial charge is 0.356 e. The molecule has 1 amide bonds. The molecule has 0 saturated heterocycles. The fraction of sp³-hybridized carbons (Fsp3) is 0.200. The molecule has 1 aliphatic rings. The number of pyridine rings is 1. The number of aromatic amines is 1. The van der Waals surface area contributed by atoms with E-state index in [2.05, 4.69) is 20.6 Å². The minimum atomic E-state index is -0.287. The van der Waals surface area contributed by atoms with Crippen LogP contribution in [0.5, 0.6) is 0 Å². The normalized spacial score (nSPS) is 13.3. The lowest BCUT2D eigenvalue weighted by molar-refractivity contribution is 0.0947. The third-order valence-electron chi connectivity index (χ3n) is 4.78. The fourth-order valence-electron chi connectivity index (χ4n) is 3.34. The van der Waals surface area contributed by atoms with Gasteiger partial charge in [-0.25, -0.2) is 4.39 Å². The zero-order valence-electron chi connectivity index (χ0n) is 14.6. The Kier molecular flexibility index (Phi) is 3.95. The molecule has 4 rings (SSSR count). The van der Waals surface area contributed by atoms with E-state index in [-0.39, 0.29) is 11.7 Å². The van der Waals surface area contributed by atoms with Crippen LogP contribution in [-0.2, 0) is 6.42 Å². The number of fused-ring (bicyclic) bond motifs is 1. The summed E-state index contributed by atoms with van der Waals surface area (Å²) in [5.74, 6) is -0.414. The first kappa shape index (κ1) is 16.3. The number of rotatable bonds is 3. The average molecular weight is 350 g/mol. The lowest BCUT2D eigenvalue weighted by Gasteiger charge is -2.16. The van der Waals surface area contributed by atoms with Gasteiger partial charge in [0.05, 0.1) is 16.9 Å². The van der Waals surface area contributed by atoms with Gasteiger partial charge in [0.2, 0.25) is 0 Å². The number of hydrogen-bond acceptors (Lipinski definition) is 3. The molecular formula is C20H19FN4O. The molecule has 1 aromatic carbocycles. The molecule has 2 aromatic heterocycles. The zero-order chi connectivity index (χ0) is 18.3. The summed E-state index contributed by atoms with van der Waals surface area (Å²) >= 11 is 0. The maximum absolute atomic E-state index is 14.0. The van der Waals surface area contributed by atoms with E-state index in [1.807, 2.05) is 19.1 Å². The highest BCUT2D eigenvalue weighted by molar-refractivity contribution is 6.06. The third-order valence-corrected chi connectivity index (χ3v) is 4.78. The molecule has 0 fully saturated rings. The maximum Gasteiger partial charge on any atom is 0.255 e. The minimum Gasteiger partial charge on any atom is -0.356 e. The second-order valence-corrected chi connectivity index (χ2v) is 6.46. The molecule has 6 heteroatoms. The van der Waals surface area contributed by atoms with Crippen molar-refractivity contribution in [1.82, 2.24) is 15.3 Å². The van der Waals surface area contributed by atoms with Crippen LogP contribution in [0.1, 0.15) is 27.2 Å². The van der Waals surface area contributed by atoms with Crippen molar-refractivity contribution in [1.29, 1.82) is 0 Å². The number of aromatic nitrogens is 2. The number of carbonyl (C=O) groups is 1. The molecule has 26 heavy (non-hydrogen) atoms. The molecule has 1 aliphatic heterocycles. The topological polar surface area (TPSA) is 69.8 Å². The second kappa shape index (κ2) is 6.29. The SMILES string of the molecule is Cc1cnccc1-c1[nH]c2c(c1Nc1cccc(F)c1C)C(=O)NCC2. The van der Waals surface area contributed by atoms with E-state index < -0.39 is 0 Å². The summed E-state index contributed by atoms with van der Waals surface area (Å²) in [5, 5.41) is 6.18. The van der Waals surface area contributed by atoms with E-state index in [1.165, 1.54) is 6.07 Å². The summed E-state index contributed by atoms with van der Waals surface area (Å²) in [4.78, 5) is 20.1. The number of nitrogens with zero attached hydrogens (tertiary/aromatic N) is 1. The predicted octanol–water partition coefficient (Wildman–Crippen LogP) is 3.86. The van der Waals surface area contributed by atoms with Gasteiger partial charge < -0.3 is 15.6 Å². The highest BCUT2D eigenvalue weighted by atomic mass is 19.1. The van der Waals surface area contributed by atoms with Crippen molar-refractivity contribution in [2.45, 2.75) is 20.3 Å². The quantitative estimate of drug-likeness (QED) is 0.672.